The molecule has 1 aliphatic rings. The molecule has 5 heteroatoms. The van der Waals surface area contributed by atoms with E-state index in [1.807, 2.05) is 7.05 Å². The second-order valence-electron chi connectivity index (χ2n) is 4.48. The van der Waals surface area contributed by atoms with Crippen LogP contribution in [-0.2, 0) is 0 Å². The van der Waals surface area contributed by atoms with Gasteiger partial charge in [0.2, 0.25) is 0 Å². The Bertz CT molecular complexity index is 206. The zero-order chi connectivity index (χ0) is 12.2. The maximum absolute atomic E-state index is 12.4. The summed E-state index contributed by atoms with van der Waals surface area (Å²) >= 11 is 0. The van der Waals surface area contributed by atoms with Crippen molar-refractivity contribution in [3.8, 4) is 0 Å². The van der Waals surface area contributed by atoms with Gasteiger partial charge in [0, 0.05) is 12.1 Å². The number of nitrogens with zero attached hydrogens (tertiary/aromatic N) is 1. The third kappa shape index (κ3) is 4.29. The molecule has 2 unspecified atom stereocenters. The number of hydrogen-bond acceptors (Lipinski definition) is 2. The number of nitrogens with one attached hydrogen (secondary N) is 1. The first-order chi connectivity index (χ1) is 7.46. The molecule has 0 aliphatic heterocycles. The standard InChI is InChI=1S/C11H21F3N2/c1-3-16(8-11(12,13)14)10-6-4-5-9(7-10)15-2/h9-10,15H,3-8H2,1-2H3. The Balaban J connectivity index is 2.51. The molecule has 96 valence electrons. The molecule has 0 aromatic rings. The lowest BCUT2D eigenvalue weighted by atomic mass is 9.90. The van der Waals surface area contributed by atoms with E-state index in [1.54, 1.807) is 11.8 Å². The van der Waals surface area contributed by atoms with Gasteiger partial charge in [-0.2, -0.15) is 13.2 Å². The van der Waals surface area contributed by atoms with Crippen molar-refractivity contribution in [1.82, 2.24) is 10.2 Å². The summed E-state index contributed by atoms with van der Waals surface area (Å²) in [6.07, 6.45) is -0.258. The minimum absolute atomic E-state index is 0.0813. The van der Waals surface area contributed by atoms with Crippen LogP contribution in [0.4, 0.5) is 13.2 Å². The predicted octanol–water partition coefficient (Wildman–Crippen LogP) is 2.40. The quantitative estimate of drug-likeness (QED) is 0.809. The maximum atomic E-state index is 12.4. The van der Waals surface area contributed by atoms with E-state index in [0.29, 0.717) is 12.6 Å². The van der Waals surface area contributed by atoms with Crippen LogP contribution in [0, 0.1) is 0 Å². The molecule has 0 bridgehead atoms. The summed E-state index contributed by atoms with van der Waals surface area (Å²) in [5.74, 6) is 0. The minimum atomic E-state index is -4.08. The van der Waals surface area contributed by atoms with Crippen LogP contribution in [0.15, 0.2) is 0 Å². The molecule has 2 atom stereocenters. The van der Waals surface area contributed by atoms with Crippen LogP contribution >= 0.6 is 0 Å². The van der Waals surface area contributed by atoms with E-state index in [4.69, 9.17) is 0 Å². The van der Waals surface area contributed by atoms with Gasteiger partial charge in [0.1, 0.15) is 0 Å². The molecule has 2 nitrogen and oxygen atoms in total. The largest absolute Gasteiger partial charge is 0.401 e. The second-order valence-corrected chi connectivity index (χ2v) is 4.48. The molecule has 0 aromatic carbocycles. The van der Waals surface area contributed by atoms with Gasteiger partial charge in [-0.25, -0.2) is 0 Å². The zero-order valence-electron chi connectivity index (χ0n) is 9.98. The molecular formula is C11H21F3N2. The average Bonchev–Trinajstić information content (AvgIpc) is 2.25. The molecule has 1 rings (SSSR count). The molecule has 0 spiro atoms. The zero-order valence-corrected chi connectivity index (χ0v) is 9.98. The molecule has 1 saturated carbocycles. The van der Waals surface area contributed by atoms with E-state index in [9.17, 15) is 13.2 Å². The molecule has 1 N–H and O–H groups in total. The Hall–Kier alpha value is -0.290. The molecule has 0 heterocycles. The van der Waals surface area contributed by atoms with Crippen molar-refractivity contribution in [2.45, 2.75) is 50.9 Å². The fourth-order valence-corrected chi connectivity index (χ4v) is 2.49. The SMILES string of the molecule is CCN(CC(F)(F)F)C1CCCC(NC)C1. The first-order valence-electron chi connectivity index (χ1n) is 5.94. The van der Waals surface area contributed by atoms with Crippen molar-refractivity contribution in [2.24, 2.45) is 0 Å². The monoisotopic (exact) mass is 238 g/mol. The lowest BCUT2D eigenvalue weighted by molar-refractivity contribution is -0.152. The van der Waals surface area contributed by atoms with E-state index in [1.165, 1.54) is 0 Å². The van der Waals surface area contributed by atoms with Crippen LogP contribution in [0.1, 0.15) is 32.6 Å². The van der Waals surface area contributed by atoms with Gasteiger partial charge in [-0.3, -0.25) is 4.90 Å². The van der Waals surface area contributed by atoms with E-state index in [2.05, 4.69) is 5.32 Å². The van der Waals surface area contributed by atoms with Crippen molar-refractivity contribution < 1.29 is 13.2 Å². The smallest absolute Gasteiger partial charge is 0.317 e. The second kappa shape index (κ2) is 5.87. The van der Waals surface area contributed by atoms with Gasteiger partial charge in [0.05, 0.1) is 6.54 Å². The summed E-state index contributed by atoms with van der Waals surface area (Å²) in [6.45, 7) is 1.50. The molecular weight excluding hydrogens is 217 g/mol. The summed E-state index contributed by atoms with van der Waals surface area (Å²) in [5, 5.41) is 3.17. The van der Waals surface area contributed by atoms with Gasteiger partial charge in [-0.1, -0.05) is 13.3 Å². The Kier molecular flexibility index (Phi) is 5.05. The Morgan fingerprint density at radius 3 is 2.50 bits per heavy atom. The minimum Gasteiger partial charge on any atom is -0.317 e. The van der Waals surface area contributed by atoms with Crippen molar-refractivity contribution in [3.63, 3.8) is 0 Å². The molecule has 0 saturated heterocycles. The molecule has 0 aromatic heterocycles. The lowest BCUT2D eigenvalue weighted by Crippen LogP contribution is -2.46. The molecule has 16 heavy (non-hydrogen) atoms. The number of alkyl halides is 3. The van der Waals surface area contributed by atoms with Crippen molar-refractivity contribution in [2.75, 3.05) is 20.1 Å². The van der Waals surface area contributed by atoms with E-state index < -0.39 is 12.7 Å². The van der Waals surface area contributed by atoms with Gasteiger partial charge in [0.15, 0.2) is 0 Å². The highest BCUT2D eigenvalue weighted by molar-refractivity contribution is 4.83. The van der Waals surface area contributed by atoms with Crippen LogP contribution in [0.25, 0.3) is 0 Å². The van der Waals surface area contributed by atoms with Gasteiger partial charge >= 0.3 is 6.18 Å². The van der Waals surface area contributed by atoms with Gasteiger partial charge < -0.3 is 5.32 Å². The Morgan fingerprint density at radius 2 is 2.00 bits per heavy atom. The van der Waals surface area contributed by atoms with Gasteiger partial charge in [-0.15, -0.1) is 0 Å². The summed E-state index contributed by atoms with van der Waals surface area (Å²) in [6, 6.07) is 0.457. The van der Waals surface area contributed by atoms with Crippen LogP contribution < -0.4 is 5.32 Å². The van der Waals surface area contributed by atoms with Crippen molar-refractivity contribution in [1.29, 1.82) is 0 Å². The summed E-state index contributed by atoms with van der Waals surface area (Å²) in [5.41, 5.74) is 0. The highest BCUT2D eigenvalue weighted by Crippen LogP contribution is 2.26. The average molecular weight is 238 g/mol. The Morgan fingerprint density at radius 1 is 1.31 bits per heavy atom. The van der Waals surface area contributed by atoms with E-state index in [0.717, 1.165) is 25.7 Å². The maximum Gasteiger partial charge on any atom is 0.401 e. The fourth-order valence-electron chi connectivity index (χ4n) is 2.49. The summed E-state index contributed by atoms with van der Waals surface area (Å²) in [7, 11) is 1.88. The molecule has 1 aliphatic carbocycles. The molecule has 0 amide bonds. The fraction of sp³-hybridized carbons (Fsp3) is 1.00. The molecule has 0 radical (unpaired) electrons. The Labute approximate surface area is 95.2 Å². The lowest BCUT2D eigenvalue weighted by Gasteiger charge is -2.37. The first-order valence-corrected chi connectivity index (χ1v) is 5.94. The van der Waals surface area contributed by atoms with Crippen LogP contribution in [0.2, 0.25) is 0 Å². The third-order valence-electron chi connectivity index (χ3n) is 3.36. The number of halogens is 3. The highest BCUT2D eigenvalue weighted by atomic mass is 19.4. The van der Waals surface area contributed by atoms with E-state index >= 15 is 0 Å². The number of rotatable bonds is 4. The number of hydrogen-bond donors (Lipinski definition) is 1. The summed E-state index contributed by atoms with van der Waals surface area (Å²) in [4.78, 5) is 1.56. The van der Waals surface area contributed by atoms with Crippen molar-refractivity contribution in [3.05, 3.63) is 0 Å². The van der Waals surface area contributed by atoms with Crippen molar-refractivity contribution >= 4 is 0 Å². The van der Waals surface area contributed by atoms with Gasteiger partial charge in [-0.05, 0) is 32.9 Å². The molecule has 1 fully saturated rings. The normalized spacial score (nSPS) is 27.4. The van der Waals surface area contributed by atoms with Crippen LogP contribution in [-0.4, -0.2) is 43.3 Å². The highest BCUT2D eigenvalue weighted by Gasteiger charge is 2.34. The van der Waals surface area contributed by atoms with Crippen LogP contribution in [0.5, 0.6) is 0 Å². The predicted molar refractivity (Wildman–Crippen MR) is 58.4 cm³/mol. The first kappa shape index (κ1) is 13.8. The third-order valence-corrected chi connectivity index (χ3v) is 3.36. The van der Waals surface area contributed by atoms with Crippen LogP contribution in [0.3, 0.4) is 0 Å². The van der Waals surface area contributed by atoms with E-state index in [-0.39, 0.29) is 6.04 Å². The summed E-state index contributed by atoms with van der Waals surface area (Å²) < 4.78 is 37.1. The topological polar surface area (TPSA) is 15.3 Å². The van der Waals surface area contributed by atoms with Gasteiger partial charge in [0.25, 0.3) is 0 Å².